The molecule has 0 aromatic rings. The topological polar surface area (TPSA) is 55.6 Å². The Morgan fingerprint density at radius 1 is 1.69 bits per heavy atom. The number of amides is 1. The second kappa shape index (κ2) is 4.58. The fraction of sp³-hybridized carbons (Fsp3) is 0.889. The van der Waals surface area contributed by atoms with Crippen LogP contribution in [0.3, 0.4) is 0 Å². The highest BCUT2D eigenvalue weighted by atomic mass is 16.7. The van der Waals surface area contributed by atoms with Crippen LogP contribution in [0.5, 0.6) is 0 Å². The third-order valence-electron chi connectivity index (χ3n) is 2.54. The third kappa shape index (κ3) is 2.42. The quantitative estimate of drug-likeness (QED) is 0.699. The Labute approximate surface area is 79.0 Å². The van der Waals surface area contributed by atoms with Gasteiger partial charge in [-0.2, -0.15) is 0 Å². The van der Waals surface area contributed by atoms with Crippen molar-refractivity contribution in [1.82, 2.24) is 5.06 Å². The van der Waals surface area contributed by atoms with Gasteiger partial charge in [0.05, 0.1) is 19.2 Å². The van der Waals surface area contributed by atoms with Crippen LogP contribution in [0.25, 0.3) is 0 Å². The van der Waals surface area contributed by atoms with Gasteiger partial charge in [0.25, 0.3) is 5.91 Å². The molecule has 13 heavy (non-hydrogen) atoms. The van der Waals surface area contributed by atoms with Gasteiger partial charge in [-0.15, -0.1) is 0 Å². The van der Waals surface area contributed by atoms with Crippen molar-refractivity contribution in [3.63, 3.8) is 0 Å². The molecule has 1 aliphatic rings. The summed E-state index contributed by atoms with van der Waals surface area (Å²) in [6, 6.07) is -0.414. The normalized spacial score (nSPS) is 21.6. The molecule has 0 aromatic heterocycles. The first kappa shape index (κ1) is 10.5. The number of hydroxylamine groups is 2. The molecule has 0 aromatic carbocycles. The molecular weight excluding hydrogens is 168 g/mol. The molecule has 0 radical (unpaired) electrons. The first-order valence-electron chi connectivity index (χ1n) is 4.86. The predicted molar refractivity (Wildman–Crippen MR) is 49.7 cm³/mol. The molecule has 0 spiro atoms. The van der Waals surface area contributed by atoms with Crippen molar-refractivity contribution in [2.75, 3.05) is 13.2 Å². The van der Waals surface area contributed by atoms with Gasteiger partial charge in [-0.3, -0.25) is 9.63 Å². The number of carbonyl (C=O) groups excluding carboxylic acids is 1. The summed E-state index contributed by atoms with van der Waals surface area (Å²) < 4.78 is 0. The highest BCUT2D eigenvalue weighted by Gasteiger charge is 2.27. The summed E-state index contributed by atoms with van der Waals surface area (Å²) in [7, 11) is 0. The van der Waals surface area contributed by atoms with Crippen molar-refractivity contribution in [2.24, 2.45) is 11.7 Å². The van der Waals surface area contributed by atoms with Crippen molar-refractivity contribution in [3.05, 3.63) is 0 Å². The van der Waals surface area contributed by atoms with Crippen molar-refractivity contribution in [1.29, 1.82) is 0 Å². The Morgan fingerprint density at radius 2 is 2.38 bits per heavy atom. The lowest BCUT2D eigenvalue weighted by atomic mass is 9.99. The van der Waals surface area contributed by atoms with Gasteiger partial charge >= 0.3 is 0 Å². The summed E-state index contributed by atoms with van der Waals surface area (Å²) in [4.78, 5) is 16.8. The zero-order valence-corrected chi connectivity index (χ0v) is 8.32. The Balaban J connectivity index is 2.45. The monoisotopic (exact) mass is 186 g/mol. The van der Waals surface area contributed by atoms with Crippen LogP contribution in [0.1, 0.15) is 26.7 Å². The molecule has 2 atom stereocenters. The molecule has 0 unspecified atom stereocenters. The number of nitrogens with zero attached hydrogens (tertiary/aromatic N) is 1. The highest BCUT2D eigenvalue weighted by Crippen LogP contribution is 2.12. The Morgan fingerprint density at radius 3 is 2.85 bits per heavy atom. The lowest BCUT2D eigenvalue weighted by Gasteiger charge is -2.22. The van der Waals surface area contributed by atoms with Crippen molar-refractivity contribution in [3.8, 4) is 0 Å². The van der Waals surface area contributed by atoms with Crippen LogP contribution in [-0.4, -0.2) is 30.2 Å². The van der Waals surface area contributed by atoms with Gasteiger partial charge < -0.3 is 5.73 Å². The van der Waals surface area contributed by atoms with Gasteiger partial charge in [-0.05, 0) is 12.3 Å². The first-order valence-corrected chi connectivity index (χ1v) is 4.86. The molecule has 4 nitrogen and oxygen atoms in total. The summed E-state index contributed by atoms with van der Waals surface area (Å²) in [5.74, 6) is 0.142. The molecule has 2 N–H and O–H groups in total. The van der Waals surface area contributed by atoms with E-state index in [1.54, 1.807) is 0 Å². The summed E-state index contributed by atoms with van der Waals surface area (Å²) >= 11 is 0. The molecular formula is C9H18N2O2. The fourth-order valence-electron chi connectivity index (χ4n) is 1.28. The largest absolute Gasteiger partial charge is 0.320 e. The van der Waals surface area contributed by atoms with Gasteiger partial charge in [-0.25, -0.2) is 5.06 Å². The van der Waals surface area contributed by atoms with Gasteiger partial charge in [0.2, 0.25) is 0 Å². The highest BCUT2D eigenvalue weighted by molar-refractivity contribution is 5.81. The van der Waals surface area contributed by atoms with E-state index in [1.807, 2.05) is 13.8 Å². The van der Waals surface area contributed by atoms with Gasteiger partial charge in [-0.1, -0.05) is 20.3 Å². The average molecular weight is 186 g/mol. The number of carbonyl (C=O) groups is 1. The van der Waals surface area contributed by atoms with Gasteiger partial charge in [0, 0.05) is 0 Å². The van der Waals surface area contributed by atoms with Crippen molar-refractivity contribution >= 4 is 5.91 Å². The van der Waals surface area contributed by atoms with Crippen molar-refractivity contribution in [2.45, 2.75) is 32.7 Å². The Kier molecular flexibility index (Phi) is 3.69. The van der Waals surface area contributed by atoms with E-state index in [-0.39, 0.29) is 11.8 Å². The molecule has 0 bridgehead atoms. The summed E-state index contributed by atoms with van der Waals surface area (Å²) in [5, 5.41) is 1.40. The zero-order valence-electron chi connectivity index (χ0n) is 8.32. The zero-order chi connectivity index (χ0) is 9.84. The van der Waals surface area contributed by atoms with Crippen LogP contribution < -0.4 is 5.73 Å². The maximum absolute atomic E-state index is 11.6. The smallest absolute Gasteiger partial charge is 0.263 e. The molecule has 1 aliphatic heterocycles. The van der Waals surface area contributed by atoms with E-state index in [1.165, 1.54) is 5.06 Å². The van der Waals surface area contributed by atoms with E-state index in [2.05, 4.69) is 0 Å². The Bertz CT molecular complexity index is 178. The minimum atomic E-state index is -0.414. The minimum absolute atomic E-state index is 0.0770. The molecule has 0 aliphatic carbocycles. The number of nitrogens with two attached hydrogens (primary N) is 1. The second-order valence-electron chi connectivity index (χ2n) is 3.54. The number of hydrogen-bond acceptors (Lipinski definition) is 3. The second-order valence-corrected chi connectivity index (χ2v) is 3.54. The minimum Gasteiger partial charge on any atom is -0.320 e. The summed E-state index contributed by atoms with van der Waals surface area (Å²) in [5.41, 5.74) is 5.78. The van der Waals surface area contributed by atoms with Crippen LogP contribution in [0.2, 0.25) is 0 Å². The molecule has 76 valence electrons. The van der Waals surface area contributed by atoms with Crippen LogP contribution in [0, 0.1) is 5.92 Å². The number of rotatable bonds is 3. The molecule has 1 fully saturated rings. The number of hydrogen-bond donors (Lipinski definition) is 1. The maximum Gasteiger partial charge on any atom is 0.263 e. The lowest BCUT2D eigenvalue weighted by molar-refractivity contribution is -0.171. The molecule has 4 heteroatoms. The average Bonchev–Trinajstić information content (AvgIpc) is 2.67. The standard InChI is InChI=1S/C9H18N2O2/c1-3-7(2)8(10)9(12)11-5-4-6-13-11/h7-8H,3-6,10H2,1-2H3/t7-,8-/m0/s1. The molecule has 1 saturated heterocycles. The summed E-state index contributed by atoms with van der Waals surface area (Å²) in [6.07, 6.45) is 1.83. The van der Waals surface area contributed by atoms with E-state index in [4.69, 9.17) is 10.6 Å². The molecule has 1 heterocycles. The van der Waals surface area contributed by atoms with E-state index in [9.17, 15) is 4.79 Å². The molecule has 1 rings (SSSR count). The van der Waals surface area contributed by atoms with Gasteiger partial charge in [0.1, 0.15) is 0 Å². The van der Waals surface area contributed by atoms with E-state index >= 15 is 0 Å². The maximum atomic E-state index is 11.6. The molecule has 1 amide bonds. The SMILES string of the molecule is CC[C@H](C)[C@H](N)C(=O)N1CCCO1. The van der Waals surface area contributed by atoms with Gasteiger partial charge in [0.15, 0.2) is 0 Å². The van der Waals surface area contributed by atoms with E-state index in [0.29, 0.717) is 13.2 Å². The van der Waals surface area contributed by atoms with Crippen molar-refractivity contribution < 1.29 is 9.63 Å². The lowest BCUT2D eigenvalue weighted by Crippen LogP contribution is -2.45. The fourth-order valence-corrected chi connectivity index (χ4v) is 1.28. The third-order valence-corrected chi connectivity index (χ3v) is 2.54. The predicted octanol–water partition coefficient (Wildman–Crippen LogP) is 0.524. The van der Waals surface area contributed by atoms with E-state index < -0.39 is 6.04 Å². The molecule has 0 saturated carbocycles. The van der Waals surface area contributed by atoms with E-state index in [0.717, 1.165) is 12.8 Å². The first-order chi connectivity index (χ1) is 6.16. The van der Waals surface area contributed by atoms with Crippen LogP contribution >= 0.6 is 0 Å². The van der Waals surface area contributed by atoms with Crippen LogP contribution in [-0.2, 0) is 9.63 Å². The summed E-state index contributed by atoms with van der Waals surface area (Å²) in [6.45, 7) is 5.34. The van der Waals surface area contributed by atoms with Crippen LogP contribution in [0.4, 0.5) is 0 Å². The Hall–Kier alpha value is -0.610. The van der Waals surface area contributed by atoms with Crippen LogP contribution in [0.15, 0.2) is 0 Å².